The van der Waals surface area contributed by atoms with Gasteiger partial charge in [0.1, 0.15) is 0 Å². The van der Waals surface area contributed by atoms with E-state index in [9.17, 15) is 0 Å². The average molecular weight is 296 g/mol. The van der Waals surface area contributed by atoms with Gasteiger partial charge in [-0.25, -0.2) is 4.68 Å². The quantitative estimate of drug-likeness (QED) is 0.721. The van der Waals surface area contributed by atoms with Crippen molar-refractivity contribution in [1.29, 1.82) is 0 Å². The summed E-state index contributed by atoms with van der Waals surface area (Å²) in [6, 6.07) is 12.4. The second kappa shape index (κ2) is 5.93. The fourth-order valence-corrected chi connectivity index (χ4v) is 2.83. The molecule has 3 rings (SSSR count). The molecule has 0 aliphatic carbocycles. The number of aromatic amines is 1. The molecule has 21 heavy (non-hydrogen) atoms. The van der Waals surface area contributed by atoms with E-state index in [0.717, 1.165) is 21.8 Å². The summed E-state index contributed by atoms with van der Waals surface area (Å²) < 4.78 is 1.87. The first-order chi connectivity index (χ1) is 10.3. The van der Waals surface area contributed by atoms with E-state index in [1.54, 1.807) is 24.6 Å². The molecular formula is C16H16N4S. The molecule has 0 unspecified atom stereocenters. The molecule has 4 nitrogen and oxygen atoms in total. The molecule has 0 aliphatic heterocycles. The van der Waals surface area contributed by atoms with Gasteiger partial charge in [0.25, 0.3) is 0 Å². The Labute approximate surface area is 127 Å². The third-order valence-electron chi connectivity index (χ3n) is 3.16. The van der Waals surface area contributed by atoms with Crippen molar-refractivity contribution in [3.8, 4) is 11.3 Å². The summed E-state index contributed by atoms with van der Waals surface area (Å²) in [6.45, 7) is 2.08. The summed E-state index contributed by atoms with van der Waals surface area (Å²) in [6.07, 6.45) is 3.69. The molecule has 2 aromatic heterocycles. The first-order valence-electron chi connectivity index (χ1n) is 6.66. The first kappa shape index (κ1) is 13.6. The Hall–Kier alpha value is -2.40. The number of aromatic nitrogens is 2. The van der Waals surface area contributed by atoms with Crippen LogP contribution in [-0.4, -0.2) is 22.9 Å². The van der Waals surface area contributed by atoms with Crippen LogP contribution in [0.25, 0.3) is 11.3 Å². The van der Waals surface area contributed by atoms with E-state index in [0.29, 0.717) is 0 Å². The minimum Gasteiger partial charge on any atom is -0.360 e. The molecule has 0 radical (unpaired) electrons. The van der Waals surface area contributed by atoms with Crippen LogP contribution in [0.2, 0.25) is 0 Å². The number of H-pyrrole nitrogens is 1. The molecule has 2 heterocycles. The lowest BCUT2D eigenvalue weighted by molar-refractivity contribution is 0.848. The monoisotopic (exact) mass is 296 g/mol. The third kappa shape index (κ3) is 2.87. The van der Waals surface area contributed by atoms with Gasteiger partial charge in [0, 0.05) is 24.2 Å². The fraction of sp³-hybridized carbons (Fsp3) is 0.125. The van der Waals surface area contributed by atoms with Crippen molar-refractivity contribution in [2.45, 2.75) is 6.92 Å². The van der Waals surface area contributed by atoms with Crippen molar-refractivity contribution in [2.24, 2.45) is 10.1 Å². The largest absolute Gasteiger partial charge is 0.360 e. The number of thiazole rings is 1. The van der Waals surface area contributed by atoms with Gasteiger partial charge >= 0.3 is 0 Å². The highest BCUT2D eigenvalue weighted by atomic mass is 32.1. The van der Waals surface area contributed by atoms with Crippen LogP contribution in [-0.2, 0) is 0 Å². The molecule has 0 fully saturated rings. The Bertz CT molecular complexity index is 805. The van der Waals surface area contributed by atoms with Gasteiger partial charge in [-0.15, -0.1) is 11.3 Å². The highest BCUT2D eigenvalue weighted by Gasteiger charge is 2.06. The number of rotatable bonds is 3. The van der Waals surface area contributed by atoms with Crippen LogP contribution in [0.1, 0.15) is 11.3 Å². The first-order valence-corrected chi connectivity index (χ1v) is 7.54. The molecule has 3 aromatic rings. The van der Waals surface area contributed by atoms with Gasteiger partial charge in [0.2, 0.25) is 4.80 Å². The standard InChI is InChI=1S/C16H16N4S/c1-12-5-7-13(8-6-12)15-11-21-16(17-2)20(15)19-10-14-4-3-9-18-14/h3-11,18H,1-2H3. The third-order valence-corrected chi connectivity index (χ3v) is 4.07. The molecule has 0 atom stereocenters. The van der Waals surface area contributed by atoms with E-state index in [1.165, 1.54) is 5.56 Å². The zero-order valence-corrected chi connectivity index (χ0v) is 12.8. The minimum absolute atomic E-state index is 0.869. The van der Waals surface area contributed by atoms with Gasteiger partial charge in [-0.1, -0.05) is 29.8 Å². The lowest BCUT2D eigenvalue weighted by atomic mass is 10.1. The number of nitrogens with one attached hydrogen (secondary N) is 1. The molecule has 5 heteroatoms. The lowest BCUT2D eigenvalue weighted by Gasteiger charge is -2.03. The van der Waals surface area contributed by atoms with Gasteiger partial charge in [-0.3, -0.25) is 4.99 Å². The van der Waals surface area contributed by atoms with E-state index in [4.69, 9.17) is 0 Å². The zero-order chi connectivity index (χ0) is 14.7. The normalized spacial score (nSPS) is 12.4. The Balaban J connectivity index is 2.06. The van der Waals surface area contributed by atoms with Crippen LogP contribution >= 0.6 is 11.3 Å². The van der Waals surface area contributed by atoms with Crippen LogP contribution < -0.4 is 4.80 Å². The molecule has 0 bridgehead atoms. The molecule has 0 saturated carbocycles. The maximum Gasteiger partial charge on any atom is 0.205 e. The van der Waals surface area contributed by atoms with Crippen LogP contribution in [0.3, 0.4) is 0 Å². The van der Waals surface area contributed by atoms with Gasteiger partial charge < -0.3 is 4.98 Å². The van der Waals surface area contributed by atoms with Gasteiger partial charge in [0.15, 0.2) is 0 Å². The number of benzene rings is 1. The Kier molecular flexibility index (Phi) is 3.83. The number of hydrogen-bond donors (Lipinski definition) is 1. The fourth-order valence-electron chi connectivity index (χ4n) is 2.03. The zero-order valence-electron chi connectivity index (χ0n) is 11.9. The van der Waals surface area contributed by atoms with E-state index in [-0.39, 0.29) is 0 Å². The van der Waals surface area contributed by atoms with Crippen molar-refractivity contribution < 1.29 is 0 Å². The number of nitrogens with zero attached hydrogens (tertiary/aromatic N) is 3. The summed E-state index contributed by atoms with van der Waals surface area (Å²) >= 11 is 1.58. The summed E-state index contributed by atoms with van der Waals surface area (Å²) in [5.41, 5.74) is 4.39. The Morgan fingerprint density at radius 2 is 2.00 bits per heavy atom. The molecule has 0 aliphatic rings. The van der Waals surface area contributed by atoms with E-state index in [1.807, 2.05) is 23.0 Å². The second-order valence-corrected chi connectivity index (χ2v) is 5.51. The molecule has 106 valence electrons. The Morgan fingerprint density at radius 1 is 1.19 bits per heavy atom. The van der Waals surface area contributed by atoms with Crippen molar-refractivity contribution in [2.75, 3.05) is 7.05 Å². The van der Waals surface area contributed by atoms with Gasteiger partial charge in [-0.05, 0) is 19.1 Å². The number of aryl methyl sites for hydroxylation is 1. The maximum atomic E-state index is 4.56. The van der Waals surface area contributed by atoms with Crippen LogP contribution in [0.15, 0.2) is 58.1 Å². The molecule has 0 amide bonds. The topological polar surface area (TPSA) is 45.4 Å². The molecule has 0 spiro atoms. The molecule has 0 saturated heterocycles. The van der Waals surface area contributed by atoms with Crippen LogP contribution in [0.4, 0.5) is 0 Å². The maximum absolute atomic E-state index is 4.56. The van der Waals surface area contributed by atoms with Crippen molar-refractivity contribution in [1.82, 2.24) is 9.66 Å². The lowest BCUT2D eigenvalue weighted by Crippen LogP contribution is -2.11. The second-order valence-electron chi connectivity index (χ2n) is 4.67. The summed E-state index contributed by atoms with van der Waals surface area (Å²) in [5.74, 6) is 0. The highest BCUT2D eigenvalue weighted by molar-refractivity contribution is 7.07. The van der Waals surface area contributed by atoms with Crippen LogP contribution in [0, 0.1) is 6.92 Å². The summed E-state index contributed by atoms with van der Waals surface area (Å²) in [7, 11) is 1.78. The average Bonchev–Trinajstić information content (AvgIpc) is 3.15. The van der Waals surface area contributed by atoms with Crippen molar-refractivity contribution in [3.05, 3.63) is 64.0 Å². The minimum atomic E-state index is 0.869. The molecular weight excluding hydrogens is 280 g/mol. The van der Waals surface area contributed by atoms with Crippen molar-refractivity contribution in [3.63, 3.8) is 0 Å². The summed E-state index contributed by atoms with van der Waals surface area (Å²) in [5, 5.41) is 6.64. The van der Waals surface area contributed by atoms with Crippen LogP contribution in [0.5, 0.6) is 0 Å². The van der Waals surface area contributed by atoms with Crippen molar-refractivity contribution >= 4 is 17.6 Å². The van der Waals surface area contributed by atoms with E-state index in [2.05, 4.69) is 51.6 Å². The highest BCUT2D eigenvalue weighted by Crippen LogP contribution is 2.20. The Morgan fingerprint density at radius 3 is 2.67 bits per heavy atom. The van der Waals surface area contributed by atoms with Gasteiger partial charge in [0.05, 0.1) is 17.6 Å². The van der Waals surface area contributed by atoms with E-state index < -0.39 is 0 Å². The van der Waals surface area contributed by atoms with Gasteiger partial charge in [-0.2, -0.15) is 5.10 Å². The van der Waals surface area contributed by atoms with E-state index >= 15 is 0 Å². The smallest absolute Gasteiger partial charge is 0.205 e. The molecule has 1 N–H and O–H groups in total. The predicted molar refractivity (Wildman–Crippen MR) is 87.8 cm³/mol. The molecule has 1 aromatic carbocycles. The SMILES string of the molecule is CN=c1scc(-c2ccc(C)cc2)n1N=Cc1ccc[nH]1. The summed E-state index contributed by atoms with van der Waals surface area (Å²) in [4.78, 5) is 8.27. The predicted octanol–water partition coefficient (Wildman–Crippen LogP) is 3.27. The number of hydrogen-bond acceptors (Lipinski definition) is 3.